The zero-order valence-electron chi connectivity index (χ0n) is 11.1. The number of aryl methyl sites for hydroxylation is 1. The monoisotopic (exact) mass is 273 g/mol. The molecule has 1 N–H and O–H groups in total. The summed E-state index contributed by atoms with van der Waals surface area (Å²) in [4.78, 5) is 23.3. The van der Waals surface area contributed by atoms with E-state index in [1.54, 1.807) is 13.3 Å². The Morgan fingerprint density at radius 3 is 2.56 bits per heavy atom. The van der Waals surface area contributed by atoms with Crippen molar-refractivity contribution in [1.29, 1.82) is 0 Å². The molecule has 0 aliphatic heterocycles. The van der Waals surface area contributed by atoms with Crippen LogP contribution in [0.5, 0.6) is 0 Å². The van der Waals surface area contributed by atoms with Crippen LogP contribution in [0.15, 0.2) is 15.8 Å². The molecule has 1 heterocycles. The first kappa shape index (κ1) is 14.8. The van der Waals surface area contributed by atoms with E-state index in [2.05, 4.69) is 5.32 Å². The van der Waals surface area contributed by atoms with Crippen LogP contribution in [0.1, 0.15) is 12.5 Å². The quantitative estimate of drug-likeness (QED) is 0.742. The molecule has 1 aromatic heterocycles. The highest BCUT2D eigenvalue weighted by atomic mass is 32.2. The van der Waals surface area contributed by atoms with Crippen LogP contribution in [0.25, 0.3) is 0 Å². The van der Waals surface area contributed by atoms with Crippen molar-refractivity contribution in [2.24, 2.45) is 14.1 Å². The molecule has 0 amide bonds. The Morgan fingerprint density at radius 2 is 2.00 bits per heavy atom. The molecule has 0 saturated heterocycles. The molecule has 0 fully saturated rings. The molecule has 0 aliphatic carbocycles. The van der Waals surface area contributed by atoms with Gasteiger partial charge in [0.25, 0.3) is 5.56 Å². The second kappa shape index (κ2) is 6.10. The lowest BCUT2D eigenvalue weighted by atomic mass is 10.3. The number of nitrogens with zero attached hydrogens (tertiary/aromatic N) is 2. The summed E-state index contributed by atoms with van der Waals surface area (Å²) in [6.07, 6.45) is 3.18. The Morgan fingerprint density at radius 1 is 1.39 bits per heavy atom. The Labute approximate surface area is 108 Å². The first-order chi connectivity index (χ1) is 8.34. The summed E-state index contributed by atoms with van der Waals surface area (Å²) < 4.78 is 13.6. The topological polar surface area (TPSA) is 73.1 Å². The third-order valence-corrected chi connectivity index (χ3v) is 4.13. The average Bonchev–Trinajstić information content (AvgIpc) is 2.32. The number of rotatable bonds is 5. The lowest BCUT2D eigenvalue weighted by Gasteiger charge is -2.11. The highest BCUT2D eigenvalue weighted by Gasteiger charge is 2.08. The number of hydrogen-bond acceptors (Lipinski definition) is 4. The van der Waals surface area contributed by atoms with Crippen molar-refractivity contribution in [3.05, 3.63) is 32.6 Å². The van der Waals surface area contributed by atoms with E-state index >= 15 is 0 Å². The van der Waals surface area contributed by atoms with Crippen LogP contribution in [0, 0.1) is 0 Å². The van der Waals surface area contributed by atoms with Gasteiger partial charge in [-0.3, -0.25) is 13.6 Å². The van der Waals surface area contributed by atoms with Gasteiger partial charge in [-0.2, -0.15) is 0 Å². The van der Waals surface area contributed by atoms with E-state index in [-0.39, 0.29) is 16.5 Å². The smallest absolute Gasteiger partial charge is 0.311 e. The van der Waals surface area contributed by atoms with Gasteiger partial charge in [-0.25, -0.2) is 4.79 Å². The maximum atomic E-state index is 11.8. The van der Waals surface area contributed by atoms with Crippen molar-refractivity contribution in [2.75, 3.05) is 12.8 Å². The van der Waals surface area contributed by atoms with Crippen LogP contribution in [0.2, 0.25) is 0 Å². The van der Waals surface area contributed by atoms with Gasteiger partial charge in [-0.15, -0.1) is 0 Å². The molecule has 102 valence electrons. The molecule has 2 atom stereocenters. The molecule has 2 unspecified atom stereocenters. The van der Waals surface area contributed by atoms with E-state index in [4.69, 9.17) is 0 Å². The lowest BCUT2D eigenvalue weighted by Crippen LogP contribution is -2.40. The predicted molar refractivity (Wildman–Crippen MR) is 72.2 cm³/mol. The number of aromatic nitrogens is 2. The van der Waals surface area contributed by atoms with Gasteiger partial charge >= 0.3 is 5.69 Å². The molecule has 0 spiro atoms. The number of nitrogens with one attached hydrogen (secondary N) is 1. The molecule has 1 rings (SSSR count). The molecule has 1 aromatic rings. The fourth-order valence-electron chi connectivity index (χ4n) is 1.53. The van der Waals surface area contributed by atoms with Crippen molar-refractivity contribution in [3.8, 4) is 0 Å². The van der Waals surface area contributed by atoms with E-state index < -0.39 is 10.8 Å². The molecule has 0 aliphatic rings. The third kappa shape index (κ3) is 3.39. The maximum Gasteiger partial charge on any atom is 0.330 e. The van der Waals surface area contributed by atoms with E-state index in [0.717, 1.165) is 4.57 Å². The fourth-order valence-corrected chi connectivity index (χ4v) is 1.88. The Balaban J connectivity index is 2.78. The van der Waals surface area contributed by atoms with Crippen molar-refractivity contribution < 1.29 is 4.21 Å². The fraction of sp³-hybridized carbons (Fsp3) is 0.636. The second-order valence-corrected chi connectivity index (χ2v) is 6.15. The molecular formula is C11H19N3O3S. The van der Waals surface area contributed by atoms with Gasteiger partial charge in [0.05, 0.1) is 0 Å². The van der Waals surface area contributed by atoms with E-state index in [0.29, 0.717) is 18.7 Å². The minimum Gasteiger partial charge on any atom is -0.311 e. The summed E-state index contributed by atoms with van der Waals surface area (Å²) in [6.45, 7) is 2.80. The Hall–Kier alpha value is -1.21. The minimum atomic E-state index is -0.887. The van der Waals surface area contributed by atoms with Crippen molar-refractivity contribution in [1.82, 2.24) is 14.5 Å². The molecular weight excluding hydrogens is 254 g/mol. The van der Waals surface area contributed by atoms with Crippen LogP contribution in [-0.2, 0) is 31.4 Å². The summed E-state index contributed by atoms with van der Waals surface area (Å²) in [5, 5.41) is 3.10. The minimum absolute atomic E-state index is 0.0291. The largest absolute Gasteiger partial charge is 0.330 e. The first-order valence-corrected chi connectivity index (χ1v) is 7.25. The van der Waals surface area contributed by atoms with Crippen LogP contribution >= 0.6 is 0 Å². The zero-order valence-corrected chi connectivity index (χ0v) is 11.9. The van der Waals surface area contributed by atoms with Crippen LogP contribution < -0.4 is 16.6 Å². The number of hydrogen-bond donors (Lipinski definition) is 1. The third-order valence-electron chi connectivity index (χ3n) is 2.83. The molecule has 0 aromatic carbocycles. The SMILES string of the molecule is CC(CNCc1cn(C)c(=O)n(C)c1=O)S(C)=O. The van der Waals surface area contributed by atoms with Gasteiger partial charge in [-0.05, 0) is 6.92 Å². The molecule has 0 bridgehead atoms. The Kier molecular flexibility index (Phi) is 5.03. The Bertz CT molecular complexity index is 562. The second-order valence-electron chi connectivity index (χ2n) is 4.35. The van der Waals surface area contributed by atoms with Gasteiger partial charge in [-0.1, -0.05) is 0 Å². The summed E-state index contributed by atoms with van der Waals surface area (Å²) in [6, 6.07) is 0. The van der Waals surface area contributed by atoms with Crippen LogP contribution in [0.3, 0.4) is 0 Å². The van der Waals surface area contributed by atoms with E-state index in [1.165, 1.54) is 17.8 Å². The standard InChI is InChI=1S/C11H19N3O3S/c1-8(18(4)17)5-12-6-9-7-13(2)11(16)14(3)10(9)15/h7-8,12H,5-6H2,1-4H3. The van der Waals surface area contributed by atoms with Crippen molar-refractivity contribution in [2.45, 2.75) is 18.7 Å². The molecule has 0 saturated carbocycles. The summed E-state index contributed by atoms with van der Waals surface area (Å²) >= 11 is 0. The zero-order chi connectivity index (χ0) is 13.9. The van der Waals surface area contributed by atoms with Gasteiger partial charge in [0.1, 0.15) is 0 Å². The molecule has 6 nitrogen and oxygen atoms in total. The van der Waals surface area contributed by atoms with Gasteiger partial charge < -0.3 is 9.88 Å². The van der Waals surface area contributed by atoms with E-state index in [9.17, 15) is 13.8 Å². The maximum absolute atomic E-state index is 11.8. The molecule has 18 heavy (non-hydrogen) atoms. The lowest BCUT2D eigenvalue weighted by molar-refractivity contribution is 0.620. The summed E-state index contributed by atoms with van der Waals surface area (Å²) in [5.41, 5.74) is -0.115. The predicted octanol–water partition coefficient (Wildman–Crippen LogP) is -1.06. The normalized spacial score (nSPS) is 14.4. The van der Waals surface area contributed by atoms with Crippen molar-refractivity contribution in [3.63, 3.8) is 0 Å². The highest BCUT2D eigenvalue weighted by molar-refractivity contribution is 7.84. The molecule has 0 radical (unpaired) electrons. The van der Waals surface area contributed by atoms with Gasteiger partial charge in [0.2, 0.25) is 0 Å². The van der Waals surface area contributed by atoms with Gasteiger partial charge in [0.15, 0.2) is 0 Å². The highest BCUT2D eigenvalue weighted by Crippen LogP contribution is 1.92. The average molecular weight is 273 g/mol. The van der Waals surface area contributed by atoms with Gasteiger partial charge in [0, 0.05) is 61.3 Å². The summed E-state index contributed by atoms with van der Waals surface area (Å²) in [7, 11) is 2.18. The van der Waals surface area contributed by atoms with Crippen LogP contribution in [0.4, 0.5) is 0 Å². The van der Waals surface area contributed by atoms with E-state index in [1.807, 2.05) is 6.92 Å². The van der Waals surface area contributed by atoms with Crippen molar-refractivity contribution >= 4 is 10.8 Å². The summed E-state index contributed by atoms with van der Waals surface area (Å²) in [5.74, 6) is 0. The van der Waals surface area contributed by atoms with Crippen LogP contribution in [-0.4, -0.2) is 31.4 Å². The first-order valence-electron chi connectivity index (χ1n) is 5.63. The molecule has 7 heteroatoms.